The topological polar surface area (TPSA) is 89.6 Å². The summed E-state index contributed by atoms with van der Waals surface area (Å²) in [6, 6.07) is 3.71. The third-order valence-electron chi connectivity index (χ3n) is 2.47. The predicted octanol–water partition coefficient (Wildman–Crippen LogP) is 1.74. The number of hydrogen-bond acceptors (Lipinski definition) is 7. The van der Waals surface area contributed by atoms with Gasteiger partial charge in [0.15, 0.2) is 11.6 Å². The lowest BCUT2D eigenvalue weighted by atomic mass is 10.3. The highest BCUT2D eigenvalue weighted by molar-refractivity contribution is 7.16. The Hall–Kier alpha value is -2.12. The molecule has 3 rings (SSSR count). The smallest absolute Gasteiger partial charge is 0.181 e. The van der Waals surface area contributed by atoms with Crippen LogP contribution in [0.2, 0.25) is 0 Å². The van der Waals surface area contributed by atoms with E-state index in [2.05, 4.69) is 25.4 Å². The number of aryl methyl sites for hydroxylation is 1. The fourth-order valence-electron chi connectivity index (χ4n) is 1.66. The van der Waals surface area contributed by atoms with Crippen LogP contribution >= 0.6 is 11.3 Å². The fourth-order valence-corrected chi connectivity index (χ4v) is 2.42. The molecule has 0 aliphatic carbocycles. The molecule has 3 N–H and O–H groups in total. The van der Waals surface area contributed by atoms with E-state index < -0.39 is 0 Å². The third kappa shape index (κ3) is 1.79. The van der Waals surface area contributed by atoms with Gasteiger partial charge in [-0.15, -0.1) is 11.3 Å². The Bertz CT molecular complexity index is 708. The van der Waals surface area contributed by atoms with Crippen molar-refractivity contribution in [1.82, 2.24) is 19.9 Å². The summed E-state index contributed by atoms with van der Waals surface area (Å²) >= 11 is 1.54. The lowest BCUT2D eigenvalue weighted by molar-refractivity contribution is 1.04. The average molecular weight is 258 g/mol. The number of nitrogen functional groups attached to an aromatic ring is 1. The Morgan fingerprint density at radius 3 is 2.89 bits per heavy atom. The quantitative estimate of drug-likeness (QED) is 0.537. The maximum Gasteiger partial charge on any atom is 0.181 e. The minimum Gasteiger partial charge on any atom is -0.308 e. The van der Waals surface area contributed by atoms with Crippen LogP contribution in [0.15, 0.2) is 23.7 Å². The maximum absolute atomic E-state index is 5.48. The molecule has 0 bridgehead atoms. The zero-order valence-corrected chi connectivity index (χ0v) is 10.4. The number of fused-ring (bicyclic) bond motifs is 1. The van der Waals surface area contributed by atoms with E-state index in [0.717, 1.165) is 10.2 Å². The molecule has 18 heavy (non-hydrogen) atoms. The van der Waals surface area contributed by atoms with E-state index in [4.69, 9.17) is 5.84 Å². The van der Waals surface area contributed by atoms with Crippen molar-refractivity contribution >= 4 is 27.4 Å². The number of anilines is 1. The molecule has 7 heteroatoms. The number of nitrogens with zero attached hydrogens (tertiary/aromatic N) is 4. The number of rotatable bonds is 2. The van der Waals surface area contributed by atoms with E-state index in [-0.39, 0.29) is 0 Å². The van der Waals surface area contributed by atoms with Gasteiger partial charge in [0.05, 0.1) is 5.39 Å². The van der Waals surface area contributed by atoms with Crippen LogP contribution in [0.1, 0.15) is 5.82 Å². The van der Waals surface area contributed by atoms with Gasteiger partial charge >= 0.3 is 0 Å². The zero-order valence-electron chi connectivity index (χ0n) is 9.58. The first-order valence-electron chi connectivity index (χ1n) is 5.30. The first kappa shape index (κ1) is 11.0. The van der Waals surface area contributed by atoms with Crippen molar-refractivity contribution in [1.29, 1.82) is 0 Å². The van der Waals surface area contributed by atoms with E-state index in [1.54, 1.807) is 12.3 Å². The molecule has 0 saturated carbocycles. The van der Waals surface area contributed by atoms with Crippen molar-refractivity contribution < 1.29 is 0 Å². The van der Waals surface area contributed by atoms with Gasteiger partial charge in [0.2, 0.25) is 0 Å². The summed E-state index contributed by atoms with van der Waals surface area (Å²) in [5.41, 5.74) is 3.28. The lowest BCUT2D eigenvalue weighted by Gasteiger charge is -2.04. The number of hydrogen-bond donors (Lipinski definition) is 2. The van der Waals surface area contributed by atoms with Crippen LogP contribution in [0, 0.1) is 6.92 Å². The number of hydrazine groups is 1. The number of nitrogens with two attached hydrogens (primary N) is 1. The second kappa shape index (κ2) is 4.28. The first-order chi connectivity index (χ1) is 8.78. The number of nitrogens with one attached hydrogen (secondary N) is 1. The van der Waals surface area contributed by atoms with Crippen molar-refractivity contribution in [2.24, 2.45) is 5.84 Å². The lowest BCUT2D eigenvalue weighted by Crippen LogP contribution is -2.10. The normalized spacial score (nSPS) is 10.8. The predicted molar refractivity (Wildman–Crippen MR) is 71.0 cm³/mol. The second-order valence-corrected chi connectivity index (χ2v) is 4.56. The van der Waals surface area contributed by atoms with Gasteiger partial charge in [0.25, 0.3) is 0 Å². The van der Waals surface area contributed by atoms with Crippen LogP contribution in [-0.2, 0) is 0 Å². The average Bonchev–Trinajstić information content (AvgIpc) is 2.85. The van der Waals surface area contributed by atoms with Crippen LogP contribution in [0.5, 0.6) is 0 Å². The van der Waals surface area contributed by atoms with E-state index in [9.17, 15) is 0 Å². The number of aromatic nitrogens is 4. The van der Waals surface area contributed by atoms with E-state index in [0.29, 0.717) is 23.2 Å². The molecule has 0 radical (unpaired) electrons. The van der Waals surface area contributed by atoms with Gasteiger partial charge in [-0.2, -0.15) is 0 Å². The summed E-state index contributed by atoms with van der Waals surface area (Å²) in [5.74, 6) is 7.32. The highest BCUT2D eigenvalue weighted by atomic mass is 32.1. The molecule has 3 heterocycles. The summed E-state index contributed by atoms with van der Waals surface area (Å²) in [7, 11) is 0. The molecule has 3 aromatic rings. The molecule has 0 fully saturated rings. The van der Waals surface area contributed by atoms with E-state index in [1.807, 2.05) is 18.4 Å². The molecule has 0 atom stereocenters. The van der Waals surface area contributed by atoms with Crippen molar-refractivity contribution in [3.8, 4) is 11.5 Å². The molecule has 6 nitrogen and oxygen atoms in total. The van der Waals surface area contributed by atoms with Gasteiger partial charge in [-0.1, -0.05) is 0 Å². The molecule has 3 aromatic heterocycles. The summed E-state index contributed by atoms with van der Waals surface area (Å²) < 4.78 is 0. The standard InChI is InChI=1S/C11H10N6S/c1-6-13-4-2-8(14-6)10-15-9(17-12)7-3-5-18-11(7)16-10/h2-5H,12H2,1H3,(H,15,16,17). The molecule has 0 saturated heterocycles. The molecule has 0 spiro atoms. The maximum atomic E-state index is 5.48. The van der Waals surface area contributed by atoms with E-state index >= 15 is 0 Å². The van der Waals surface area contributed by atoms with Gasteiger partial charge in [0.1, 0.15) is 16.3 Å². The number of thiophene rings is 1. The highest BCUT2D eigenvalue weighted by Crippen LogP contribution is 2.27. The van der Waals surface area contributed by atoms with Crippen molar-refractivity contribution in [2.75, 3.05) is 5.43 Å². The van der Waals surface area contributed by atoms with Gasteiger partial charge in [-0.25, -0.2) is 25.8 Å². The van der Waals surface area contributed by atoms with Crippen molar-refractivity contribution in [3.05, 3.63) is 29.5 Å². The summed E-state index contributed by atoms with van der Waals surface area (Å²) in [5, 5.41) is 2.87. The third-order valence-corrected chi connectivity index (χ3v) is 3.27. The van der Waals surface area contributed by atoms with Crippen LogP contribution in [0.3, 0.4) is 0 Å². The Balaban J connectivity index is 2.23. The highest BCUT2D eigenvalue weighted by Gasteiger charge is 2.10. The Morgan fingerprint density at radius 2 is 2.11 bits per heavy atom. The Labute approximate surface area is 107 Å². The van der Waals surface area contributed by atoms with Crippen molar-refractivity contribution in [3.63, 3.8) is 0 Å². The molecular formula is C11H10N6S. The summed E-state index contributed by atoms with van der Waals surface area (Å²) in [4.78, 5) is 18.1. The minimum atomic E-state index is 0.545. The van der Waals surface area contributed by atoms with Gasteiger partial charge in [0, 0.05) is 6.20 Å². The summed E-state index contributed by atoms with van der Waals surface area (Å²) in [6.45, 7) is 1.83. The molecular weight excluding hydrogens is 248 g/mol. The van der Waals surface area contributed by atoms with Crippen LogP contribution in [-0.4, -0.2) is 19.9 Å². The Morgan fingerprint density at radius 1 is 1.22 bits per heavy atom. The largest absolute Gasteiger partial charge is 0.308 e. The van der Waals surface area contributed by atoms with Crippen LogP contribution in [0.25, 0.3) is 21.7 Å². The molecule has 0 aromatic carbocycles. The first-order valence-corrected chi connectivity index (χ1v) is 6.18. The van der Waals surface area contributed by atoms with E-state index in [1.165, 1.54) is 11.3 Å². The monoisotopic (exact) mass is 258 g/mol. The molecule has 0 amide bonds. The van der Waals surface area contributed by atoms with Gasteiger partial charge in [-0.05, 0) is 24.4 Å². The Kier molecular flexibility index (Phi) is 2.62. The zero-order chi connectivity index (χ0) is 12.5. The van der Waals surface area contributed by atoms with Gasteiger partial charge < -0.3 is 5.43 Å². The van der Waals surface area contributed by atoms with Crippen molar-refractivity contribution in [2.45, 2.75) is 6.92 Å². The molecule has 0 aliphatic heterocycles. The van der Waals surface area contributed by atoms with Gasteiger partial charge in [-0.3, -0.25) is 0 Å². The molecule has 0 aliphatic rings. The van der Waals surface area contributed by atoms with Crippen LogP contribution < -0.4 is 11.3 Å². The summed E-state index contributed by atoms with van der Waals surface area (Å²) in [6.07, 6.45) is 1.69. The minimum absolute atomic E-state index is 0.545. The van der Waals surface area contributed by atoms with Crippen LogP contribution in [0.4, 0.5) is 5.82 Å². The molecule has 90 valence electrons. The SMILES string of the molecule is Cc1nccc(-c2nc(NN)c3ccsc3n2)n1. The second-order valence-electron chi connectivity index (χ2n) is 3.67. The molecule has 0 unspecified atom stereocenters. The fraction of sp³-hybridized carbons (Fsp3) is 0.0909.